The number of esters is 1. The average Bonchev–Trinajstić information content (AvgIpc) is 2.98. The lowest BCUT2D eigenvalue weighted by Crippen LogP contribution is -2.37. The Morgan fingerprint density at radius 2 is 1.64 bits per heavy atom. The summed E-state index contributed by atoms with van der Waals surface area (Å²) in [6.07, 6.45) is 6.39. The number of carbonyl (C=O) groups excluding carboxylic acids is 4. The first-order valence-corrected chi connectivity index (χ1v) is 13.9. The molecule has 12 heteroatoms. The highest BCUT2D eigenvalue weighted by molar-refractivity contribution is 6.40. The number of nitrogens with zero attached hydrogens (tertiary/aromatic N) is 1. The summed E-state index contributed by atoms with van der Waals surface area (Å²) in [4.78, 5) is 50.3. The molecular formula is C30H28Cl2N4O6. The summed E-state index contributed by atoms with van der Waals surface area (Å²) in [5, 5.41) is 9.81. The molecule has 3 aromatic rings. The van der Waals surface area contributed by atoms with Crippen LogP contribution in [0.15, 0.2) is 65.8 Å². The van der Waals surface area contributed by atoms with E-state index in [4.69, 9.17) is 32.7 Å². The molecule has 0 heterocycles. The molecule has 10 nitrogen and oxygen atoms in total. The molecule has 4 rings (SSSR count). The van der Waals surface area contributed by atoms with E-state index in [-0.39, 0.29) is 45.3 Å². The quantitative estimate of drug-likeness (QED) is 0.103. The third kappa shape index (κ3) is 8.08. The van der Waals surface area contributed by atoms with E-state index in [0.717, 1.165) is 32.1 Å². The molecule has 0 aliphatic heterocycles. The number of halogens is 2. The summed E-state index contributed by atoms with van der Waals surface area (Å²) < 4.78 is 10.7. The zero-order valence-electron chi connectivity index (χ0n) is 22.6. The van der Waals surface area contributed by atoms with Crippen LogP contribution in [0, 0.1) is 0 Å². The van der Waals surface area contributed by atoms with Gasteiger partial charge in [0, 0.05) is 11.1 Å². The molecule has 1 fully saturated rings. The van der Waals surface area contributed by atoms with Crippen molar-refractivity contribution in [3.63, 3.8) is 0 Å². The van der Waals surface area contributed by atoms with E-state index in [1.807, 2.05) is 0 Å². The van der Waals surface area contributed by atoms with Crippen molar-refractivity contribution >= 4 is 58.8 Å². The number of benzene rings is 3. The van der Waals surface area contributed by atoms with Crippen LogP contribution in [0.3, 0.4) is 0 Å². The summed E-state index contributed by atoms with van der Waals surface area (Å²) in [6, 6.07) is 15.5. The molecule has 0 bridgehead atoms. The second-order valence-corrected chi connectivity index (χ2v) is 10.3. The summed E-state index contributed by atoms with van der Waals surface area (Å²) in [5.41, 5.74) is 3.22. The van der Waals surface area contributed by atoms with Gasteiger partial charge in [-0.25, -0.2) is 10.2 Å². The first-order chi connectivity index (χ1) is 20.2. The Morgan fingerprint density at radius 1 is 0.881 bits per heavy atom. The van der Waals surface area contributed by atoms with Crippen molar-refractivity contribution in [3.8, 4) is 11.5 Å². The van der Waals surface area contributed by atoms with Gasteiger partial charge < -0.3 is 20.1 Å². The second-order valence-electron chi connectivity index (χ2n) is 9.43. The normalized spacial score (nSPS) is 13.3. The number of hydrogen-bond donors (Lipinski definition) is 3. The standard InChI is InChI=1S/C30H28Cl2N4O6/c1-41-26-15-18(11-14-25(26)42-30(40)21-13-12-19(31)16-23(21)32)17-33-36-29(39)28(38)35-24-10-6-5-9-22(24)27(37)34-20-7-3-2-4-8-20/h5-6,9-17,20H,2-4,7-8H2,1H3,(H,34,37)(H,35,38)(H,36,39)/b33-17-. The zero-order chi connectivity index (χ0) is 30.1. The fraction of sp³-hybridized carbons (Fsp3) is 0.233. The average molecular weight is 611 g/mol. The molecule has 1 aliphatic rings. The fourth-order valence-electron chi connectivity index (χ4n) is 4.35. The predicted octanol–water partition coefficient (Wildman–Crippen LogP) is 5.37. The molecule has 0 unspecified atom stereocenters. The first kappa shape index (κ1) is 30.5. The third-order valence-corrected chi connectivity index (χ3v) is 7.04. The summed E-state index contributed by atoms with van der Waals surface area (Å²) in [5.74, 6) is -2.71. The Labute approximate surface area is 252 Å². The number of methoxy groups -OCH3 is 1. The van der Waals surface area contributed by atoms with Gasteiger partial charge in [0.15, 0.2) is 11.5 Å². The van der Waals surface area contributed by atoms with E-state index in [0.29, 0.717) is 10.6 Å². The van der Waals surface area contributed by atoms with Crippen LogP contribution in [-0.2, 0) is 9.59 Å². The lowest BCUT2D eigenvalue weighted by molar-refractivity contribution is -0.136. The smallest absolute Gasteiger partial charge is 0.345 e. The molecule has 0 spiro atoms. The van der Waals surface area contributed by atoms with Gasteiger partial charge in [-0.05, 0) is 66.9 Å². The molecule has 0 saturated heterocycles. The van der Waals surface area contributed by atoms with Crippen LogP contribution in [0.25, 0.3) is 0 Å². The van der Waals surface area contributed by atoms with Crippen LogP contribution in [-0.4, -0.2) is 43.1 Å². The van der Waals surface area contributed by atoms with Crippen LogP contribution in [0.5, 0.6) is 11.5 Å². The summed E-state index contributed by atoms with van der Waals surface area (Å²) in [6.45, 7) is 0. The molecule has 3 amide bonds. The lowest BCUT2D eigenvalue weighted by atomic mass is 9.95. The van der Waals surface area contributed by atoms with Crippen molar-refractivity contribution in [1.82, 2.24) is 10.7 Å². The topological polar surface area (TPSA) is 135 Å². The number of para-hydroxylation sites is 1. The van der Waals surface area contributed by atoms with E-state index < -0.39 is 17.8 Å². The number of anilines is 1. The zero-order valence-corrected chi connectivity index (χ0v) is 24.1. The van der Waals surface area contributed by atoms with Gasteiger partial charge in [0.25, 0.3) is 5.91 Å². The van der Waals surface area contributed by atoms with Crippen LogP contribution in [0.2, 0.25) is 10.0 Å². The molecule has 1 aliphatic carbocycles. The van der Waals surface area contributed by atoms with Gasteiger partial charge in [-0.15, -0.1) is 0 Å². The van der Waals surface area contributed by atoms with Gasteiger partial charge in [0.2, 0.25) is 0 Å². The SMILES string of the molecule is COc1cc(/C=N\NC(=O)C(=O)Nc2ccccc2C(=O)NC2CCCCC2)ccc1OC(=O)c1ccc(Cl)cc1Cl. The fourth-order valence-corrected chi connectivity index (χ4v) is 4.84. The molecule has 0 atom stereocenters. The van der Waals surface area contributed by atoms with Crippen LogP contribution in [0.1, 0.15) is 58.4 Å². The minimum Gasteiger partial charge on any atom is -0.493 e. The van der Waals surface area contributed by atoms with E-state index in [1.54, 1.807) is 30.3 Å². The highest BCUT2D eigenvalue weighted by Gasteiger charge is 2.21. The number of carbonyl (C=O) groups is 4. The number of hydrogen-bond acceptors (Lipinski definition) is 7. The highest BCUT2D eigenvalue weighted by Crippen LogP contribution is 2.30. The number of amides is 3. The largest absolute Gasteiger partial charge is 0.493 e. The minimum atomic E-state index is -1.04. The van der Waals surface area contributed by atoms with Gasteiger partial charge in [-0.3, -0.25) is 14.4 Å². The van der Waals surface area contributed by atoms with Gasteiger partial charge in [0.05, 0.1) is 35.2 Å². The van der Waals surface area contributed by atoms with E-state index in [1.165, 1.54) is 43.7 Å². The summed E-state index contributed by atoms with van der Waals surface area (Å²) in [7, 11) is 1.39. The van der Waals surface area contributed by atoms with Gasteiger partial charge in [-0.1, -0.05) is 54.6 Å². The van der Waals surface area contributed by atoms with Crippen LogP contribution in [0.4, 0.5) is 5.69 Å². The molecular weight excluding hydrogens is 583 g/mol. The van der Waals surface area contributed by atoms with Gasteiger partial charge >= 0.3 is 17.8 Å². The van der Waals surface area contributed by atoms with Crippen LogP contribution < -0.4 is 25.5 Å². The second kappa shape index (κ2) is 14.5. The van der Waals surface area contributed by atoms with E-state index >= 15 is 0 Å². The number of rotatable bonds is 8. The van der Waals surface area contributed by atoms with Crippen molar-refractivity contribution in [2.45, 2.75) is 38.1 Å². The number of hydrazone groups is 1. The molecule has 1 saturated carbocycles. The maximum Gasteiger partial charge on any atom is 0.345 e. The molecule has 3 aromatic carbocycles. The molecule has 0 radical (unpaired) electrons. The van der Waals surface area contributed by atoms with Crippen molar-refractivity contribution < 1.29 is 28.7 Å². The number of nitrogens with one attached hydrogen (secondary N) is 3. The Kier molecular flexibility index (Phi) is 10.5. The van der Waals surface area contributed by atoms with Crippen molar-refractivity contribution in [2.75, 3.05) is 12.4 Å². The molecule has 3 N–H and O–H groups in total. The highest BCUT2D eigenvalue weighted by atomic mass is 35.5. The number of ether oxygens (including phenoxy) is 2. The van der Waals surface area contributed by atoms with Crippen molar-refractivity contribution in [1.29, 1.82) is 0 Å². The molecule has 218 valence electrons. The van der Waals surface area contributed by atoms with Crippen molar-refractivity contribution in [3.05, 3.63) is 87.4 Å². The molecule has 42 heavy (non-hydrogen) atoms. The van der Waals surface area contributed by atoms with E-state index in [2.05, 4.69) is 21.2 Å². The summed E-state index contributed by atoms with van der Waals surface area (Å²) >= 11 is 12.0. The Morgan fingerprint density at radius 3 is 2.38 bits per heavy atom. The minimum absolute atomic E-state index is 0.0920. The first-order valence-electron chi connectivity index (χ1n) is 13.1. The Hall–Kier alpha value is -4.41. The van der Waals surface area contributed by atoms with Gasteiger partial charge in [0.1, 0.15) is 0 Å². The van der Waals surface area contributed by atoms with Crippen LogP contribution >= 0.6 is 23.2 Å². The maximum atomic E-state index is 12.8. The van der Waals surface area contributed by atoms with Crippen molar-refractivity contribution in [2.24, 2.45) is 5.10 Å². The Balaban J connectivity index is 1.34. The van der Waals surface area contributed by atoms with Gasteiger partial charge in [-0.2, -0.15) is 5.10 Å². The van der Waals surface area contributed by atoms with E-state index in [9.17, 15) is 19.2 Å². The molecule has 0 aromatic heterocycles. The Bertz CT molecular complexity index is 1520. The third-order valence-electron chi connectivity index (χ3n) is 6.49. The monoisotopic (exact) mass is 610 g/mol. The lowest BCUT2D eigenvalue weighted by Gasteiger charge is -2.23. The predicted molar refractivity (Wildman–Crippen MR) is 160 cm³/mol. The maximum absolute atomic E-state index is 12.8.